The number of nitrogens with zero attached hydrogens (tertiary/aromatic N) is 1. The summed E-state index contributed by atoms with van der Waals surface area (Å²) in [6.07, 6.45) is -12.6. The average molecular weight is 348 g/mol. The van der Waals surface area contributed by atoms with Gasteiger partial charge in [-0.2, -0.15) is 31.3 Å². The molecule has 0 saturated heterocycles. The quantitative estimate of drug-likeness (QED) is 0.796. The monoisotopic (exact) mass is 348 g/mol. The molecule has 132 valence electrons. The minimum absolute atomic E-state index is 0.281. The van der Waals surface area contributed by atoms with Gasteiger partial charge in [0.05, 0.1) is 11.7 Å². The highest BCUT2D eigenvalue weighted by molar-refractivity contribution is 5.42. The Morgan fingerprint density at radius 2 is 1.48 bits per heavy atom. The Balaban J connectivity index is 3.56. The third kappa shape index (κ3) is 3.61. The summed E-state index contributed by atoms with van der Waals surface area (Å²) in [5.74, 6) is -1.50. The highest BCUT2D eigenvalue weighted by atomic mass is 19.4. The topological polar surface area (TPSA) is 48.1 Å². The first-order valence-corrected chi connectivity index (χ1v) is 6.64. The molecule has 10 heteroatoms. The van der Waals surface area contributed by atoms with E-state index in [0.29, 0.717) is 12.1 Å². The van der Waals surface area contributed by atoms with Gasteiger partial charge in [0.2, 0.25) is 5.88 Å². The van der Waals surface area contributed by atoms with Crippen LogP contribution in [0.3, 0.4) is 0 Å². The van der Waals surface area contributed by atoms with Crippen molar-refractivity contribution in [3.8, 4) is 5.88 Å². The molecule has 1 aromatic heterocycles. The zero-order valence-corrected chi connectivity index (χ0v) is 12.2. The van der Waals surface area contributed by atoms with Crippen LogP contribution in [0.15, 0.2) is 12.1 Å². The maximum atomic E-state index is 14.2. The molecule has 0 bridgehead atoms. The number of nitrogens with two attached hydrogens (primary N) is 1. The SMILES string of the molecule is CCC(CC)Oc1nc(N)ccc1C(F)(C(F)(F)F)C(F)(F)F. The van der Waals surface area contributed by atoms with Crippen molar-refractivity contribution in [3.05, 3.63) is 17.7 Å². The summed E-state index contributed by atoms with van der Waals surface area (Å²) < 4.78 is 96.4. The number of rotatable bonds is 5. The van der Waals surface area contributed by atoms with E-state index in [9.17, 15) is 30.7 Å². The lowest BCUT2D eigenvalue weighted by Gasteiger charge is -2.31. The van der Waals surface area contributed by atoms with E-state index in [1.807, 2.05) is 0 Å². The first-order valence-electron chi connectivity index (χ1n) is 6.64. The second-order valence-corrected chi connectivity index (χ2v) is 4.80. The fourth-order valence-electron chi connectivity index (χ4n) is 1.89. The molecule has 0 aliphatic rings. The lowest BCUT2D eigenvalue weighted by molar-refractivity contribution is -0.349. The number of hydrogen-bond donors (Lipinski definition) is 1. The highest BCUT2D eigenvalue weighted by Gasteiger charge is 2.74. The van der Waals surface area contributed by atoms with E-state index < -0.39 is 35.6 Å². The molecule has 0 aromatic carbocycles. The van der Waals surface area contributed by atoms with E-state index in [-0.39, 0.29) is 18.7 Å². The molecule has 0 aliphatic carbocycles. The Labute approximate surface area is 127 Å². The van der Waals surface area contributed by atoms with Crippen LogP contribution < -0.4 is 10.5 Å². The standard InChI is InChI=1S/C13H15F7N2O/c1-3-7(4-2)23-10-8(5-6-9(21)22-10)11(14,12(15,16)17)13(18,19)20/h5-7H,3-4H2,1-2H3,(H2,21,22). The summed E-state index contributed by atoms with van der Waals surface area (Å²) in [6, 6.07) is 0.946. The van der Waals surface area contributed by atoms with E-state index in [4.69, 9.17) is 10.5 Å². The smallest absolute Gasteiger partial charge is 0.436 e. The molecule has 0 fully saturated rings. The molecule has 0 amide bonds. The summed E-state index contributed by atoms with van der Waals surface area (Å²) in [4.78, 5) is 3.32. The summed E-state index contributed by atoms with van der Waals surface area (Å²) in [5, 5.41) is 0. The number of ether oxygens (including phenoxy) is 1. The van der Waals surface area contributed by atoms with E-state index in [1.165, 1.54) is 0 Å². The predicted molar refractivity (Wildman–Crippen MR) is 68.5 cm³/mol. The number of anilines is 1. The van der Waals surface area contributed by atoms with Crippen molar-refractivity contribution < 1.29 is 35.5 Å². The summed E-state index contributed by atoms with van der Waals surface area (Å²) in [7, 11) is 0. The van der Waals surface area contributed by atoms with E-state index in [2.05, 4.69) is 4.98 Å². The number of pyridine rings is 1. The van der Waals surface area contributed by atoms with Crippen LogP contribution in [0, 0.1) is 0 Å². The van der Waals surface area contributed by atoms with E-state index in [0.717, 1.165) is 0 Å². The molecule has 0 radical (unpaired) electrons. The normalized spacial score (nSPS) is 13.5. The van der Waals surface area contributed by atoms with Crippen molar-refractivity contribution in [2.24, 2.45) is 0 Å². The van der Waals surface area contributed by atoms with E-state index in [1.54, 1.807) is 13.8 Å². The second kappa shape index (κ2) is 6.40. The lowest BCUT2D eigenvalue weighted by Crippen LogP contribution is -2.50. The van der Waals surface area contributed by atoms with Gasteiger partial charge in [-0.25, -0.2) is 4.39 Å². The minimum Gasteiger partial charge on any atom is -0.474 e. The van der Waals surface area contributed by atoms with Crippen molar-refractivity contribution in [1.29, 1.82) is 0 Å². The zero-order valence-electron chi connectivity index (χ0n) is 12.2. The molecule has 3 nitrogen and oxygen atoms in total. The van der Waals surface area contributed by atoms with Crippen LogP contribution in [0.1, 0.15) is 32.3 Å². The average Bonchev–Trinajstić information content (AvgIpc) is 2.41. The van der Waals surface area contributed by atoms with Crippen molar-refractivity contribution in [2.45, 2.75) is 50.8 Å². The van der Waals surface area contributed by atoms with Gasteiger partial charge in [0.25, 0.3) is 0 Å². The molecule has 1 rings (SSSR count). The van der Waals surface area contributed by atoms with Crippen molar-refractivity contribution in [2.75, 3.05) is 5.73 Å². The Hall–Kier alpha value is -1.74. The number of hydrogen-bond acceptors (Lipinski definition) is 3. The molecule has 1 heterocycles. The van der Waals surface area contributed by atoms with Gasteiger partial charge >= 0.3 is 18.0 Å². The molecule has 23 heavy (non-hydrogen) atoms. The molecule has 2 N–H and O–H groups in total. The first kappa shape index (κ1) is 19.3. The first-order chi connectivity index (χ1) is 10.4. The van der Waals surface area contributed by atoms with Crippen LogP contribution in [-0.4, -0.2) is 23.4 Å². The van der Waals surface area contributed by atoms with Crippen molar-refractivity contribution in [3.63, 3.8) is 0 Å². The highest BCUT2D eigenvalue weighted by Crippen LogP contribution is 2.55. The Morgan fingerprint density at radius 3 is 1.87 bits per heavy atom. The summed E-state index contributed by atoms with van der Waals surface area (Å²) >= 11 is 0. The number of halogens is 7. The Bertz CT molecular complexity index is 524. The maximum Gasteiger partial charge on any atom is 0.436 e. The summed E-state index contributed by atoms with van der Waals surface area (Å²) in [6.45, 7) is 3.21. The number of alkyl halides is 7. The maximum absolute atomic E-state index is 14.2. The predicted octanol–water partition coefficient (Wildman–Crippen LogP) is 4.52. The molecular formula is C13H15F7N2O. The molecule has 0 atom stereocenters. The van der Waals surface area contributed by atoms with Crippen molar-refractivity contribution in [1.82, 2.24) is 4.98 Å². The molecule has 0 aliphatic heterocycles. The van der Waals surface area contributed by atoms with Crippen LogP contribution in [0.5, 0.6) is 5.88 Å². The minimum atomic E-state index is -6.24. The van der Waals surface area contributed by atoms with E-state index >= 15 is 0 Å². The fourth-order valence-corrected chi connectivity index (χ4v) is 1.89. The number of aromatic nitrogens is 1. The third-order valence-electron chi connectivity index (χ3n) is 3.22. The van der Waals surface area contributed by atoms with Gasteiger partial charge in [-0.05, 0) is 25.0 Å². The zero-order chi connectivity index (χ0) is 18.1. The van der Waals surface area contributed by atoms with Crippen LogP contribution in [0.2, 0.25) is 0 Å². The van der Waals surface area contributed by atoms with Crippen LogP contribution in [0.25, 0.3) is 0 Å². The van der Waals surface area contributed by atoms with Gasteiger partial charge in [0.1, 0.15) is 5.82 Å². The van der Waals surface area contributed by atoms with Gasteiger partial charge in [0.15, 0.2) is 0 Å². The second-order valence-electron chi connectivity index (χ2n) is 4.80. The van der Waals surface area contributed by atoms with Crippen molar-refractivity contribution >= 4 is 5.82 Å². The van der Waals surface area contributed by atoms with Gasteiger partial charge in [0, 0.05) is 0 Å². The van der Waals surface area contributed by atoms with Gasteiger partial charge in [-0.15, -0.1) is 0 Å². The Kier molecular flexibility index (Phi) is 5.37. The van der Waals surface area contributed by atoms with Crippen LogP contribution in [0.4, 0.5) is 36.6 Å². The molecular weight excluding hydrogens is 333 g/mol. The summed E-state index contributed by atoms with van der Waals surface area (Å²) in [5.41, 5.74) is -2.10. The molecule has 0 spiro atoms. The Morgan fingerprint density at radius 1 is 1.00 bits per heavy atom. The number of nitrogen functional groups attached to an aromatic ring is 1. The largest absolute Gasteiger partial charge is 0.474 e. The lowest BCUT2D eigenvalue weighted by atomic mass is 9.95. The molecule has 1 aromatic rings. The molecule has 0 saturated carbocycles. The molecule has 0 unspecified atom stereocenters. The fraction of sp³-hybridized carbons (Fsp3) is 0.615. The van der Waals surface area contributed by atoms with Gasteiger partial charge in [-0.3, -0.25) is 0 Å². The van der Waals surface area contributed by atoms with Crippen LogP contribution in [-0.2, 0) is 5.67 Å². The van der Waals surface area contributed by atoms with Gasteiger partial charge in [-0.1, -0.05) is 13.8 Å². The van der Waals surface area contributed by atoms with Crippen LogP contribution >= 0.6 is 0 Å². The third-order valence-corrected chi connectivity index (χ3v) is 3.22. The van der Waals surface area contributed by atoms with Gasteiger partial charge < -0.3 is 10.5 Å².